The zero-order valence-corrected chi connectivity index (χ0v) is 26.0. The fourth-order valence-corrected chi connectivity index (χ4v) is 2.91. The van der Waals surface area contributed by atoms with Gasteiger partial charge in [-0.15, -0.1) is 31.3 Å². The van der Waals surface area contributed by atoms with Gasteiger partial charge in [0, 0.05) is 26.6 Å². The number of hydrogen-bond acceptors (Lipinski definition) is 9. The molecule has 0 rings (SSSR count). The third-order valence-corrected chi connectivity index (χ3v) is 4.94. The zero-order chi connectivity index (χ0) is 31.6. The molecule has 0 saturated heterocycles. The standard InChI is InChI=1S/C17H31NO5.C6H11ClO3.C6H10O/c1-6-10-22-11-7-8-14(15(20)18(4)5)13-17(2,3)16(21)23-12-9-19;1-6(2,7)5(9)10-4-3-8;1-3-5-7-6-4-2/h6,14,19H,1,7-13H2,2-5H3;8H,3-4H2,1-2H3;3-4H,1-2,5-6H2. The van der Waals surface area contributed by atoms with Gasteiger partial charge in [-0.2, -0.15) is 0 Å². The molecule has 0 aromatic rings. The third-order valence-electron chi connectivity index (χ3n) is 4.78. The van der Waals surface area contributed by atoms with Crippen LogP contribution >= 0.6 is 11.6 Å². The summed E-state index contributed by atoms with van der Waals surface area (Å²) in [5.41, 5.74) is -0.784. The summed E-state index contributed by atoms with van der Waals surface area (Å²) in [7, 11) is 3.42. The number of aliphatic hydroxyl groups is 2. The first-order chi connectivity index (χ1) is 18.7. The van der Waals surface area contributed by atoms with Crippen molar-refractivity contribution in [3.63, 3.8) is 0 Å². The molecule has 10 nitrogen and oxygen atoms in total. The summed E-state index contributed by atoms with van der Waals surface area (Å²) in [5.74, 6) is -1.18. The molecular formula is C29H52ClNO9. The van der Waals surface area contributed by atoms with E-state index >= 15 is 0 Å². The number of rotatable bonds is 19. The number of nitrogens with zero attached hydrogens (tertiary/aromatic N) is 1. The molecule has 0 aliphatic rings. The second kappa shape index (κ2) is 25.7. The maximum absolute atomic E-state index is 12.4. The second-order valence-corrected chi connectivity index (χ2v) is 10.8. The van der Waals surface area contributed by atoms with Crippen molar-refractivity contribution in [2.45, 2.75) is 51.8 Å². The molecule has 0 radical (unpaired) electrons. The number of aliphatic hydroxyl groups excluding tert-OH is 2. The van der Waals surface area contributed by atoms with E-state index in [2.05, 4.69) is 24.5 Å². The summed E-state index contributed by atoms with van der Waals surface area (Å²) >= 11 is 5.56. The Morgan fingerprint density at radius 1 is 0.825 bits per heavy atom. The Morgan fingerprint density at radius 3 is 1.68 bits per heavy atom. The zero-order valence-electron chi connectivity index (χ0n) is 25.3. The van der Waals surface area contributed by atoms with Crippen LogP contribution in [0.25, 0.3) is 0 Å². The smallest absolute Gasteiger partial charge is 0.326 e. The molecule has 1 unspecified atom stereocenters. The van der Waals surface area contributed by atoms with Crippen LogP contribution in [0.1, 0.15) is 47.0 Å². The average Bonchev–Trinajstić information content (AvgIpc) is 2.89. The summed E-state index contributed by atoms with van der Waals surface area (Å²) in [6, 6.07) is 0. The van der Waals surface area contributed by atoms with E-state index in [1.165, 1.54) is 13.8 Å². The van der Waals surface area contributed by atoms with E-state index < -0.39 is 22.2 Å². The minimum atomic E-state index is -0.991. The molecule has 0 fully saturated rings. The molecule has 0 aromatic carbocycles. The minimum Gasteiger partial charge on any atom is -0.463 e. The third kappa shape index (κ3) is 24.8. The topological polar surface area (TPSA) is 132 Å². The number of carbonyl (C=O) groups excluding carboxylic acids is 3. The highest BCUT2D eigenvalue weighted by Gasteiger charge is 2.35. The second-order valence-electron chi connectivity index (χ2n) is 9.83. The SMILES string of the molecule is C=CCOCC=C.C=CCOCCCC(CC(C)(C)C(=O)OCCO)C(=O)N(C)C.CC(C)(Cl)C(=O)OCCO. The van der Waals surface area contributed by atoms with Crippen LogP contribution in [0.2, 0.25) is 0 Å². The van der Waals surface area contributed by atoms with E-state index in [1.807, 2.05) is 0 Å². The largest absolute Gasteiger partial charge is 0.463 e. The van der Waals surface area contributed by atoms with Crippen molar-refractivity contribution in [1.82, 2.24) is 4.90 Å². The Bertz CT molecular complexity index is 711. The number of ether oxygens (including phenoxy) is 4. The lowest BCUT2D eigenvalue weighted by atomic mass is 9.80. The van der Waals surface area contributed by atoms with Crippen molar-refractivity contribution >= 4 is 29.4 Å². The van der Waals surface area contributed by atoms with Gasteiger partial charge in [-0.3, -0.25) is 14.4 Å². The fourth-order valence-electron chi connectivity index (χ4n) is 2.85. The maximum Gasteiger partial charge on any atom is 0.326 e. The molecule has 0 aliphatic heterocycles. The first kappa shape index (κ1) is 42.2. The van der Waals surface area contributed by atoms with Gasteiger partial charge in [0.2, 0.25) is 5.91 Å². The first-order valence-electron chi connectivity index (χ1n) is 13.1. The Balaban J connectivity index is -0.000000657. The van der Waals surface area contributed by atoms with Gasteiger partial charge < -0.3 is 34.1 Å². The Morgan fingerprint density at radius 2 is 1.27 bits per heavy atom. The minimum absolute atomic E-state index is 0.00301. The highest BCUT2D eigenvalue weighted by Crippen LogP contribution is 2.30. The van der Waals surface area contributed by atoms with Crippen LogP contribution in [0.15, 0.2) is 38.0 Å². The molecule has 0 spiro atoms. The summed E-state index contributed by atoms with van der Waals surface area (Å²) in [5, 5.41) is 17.0. The van der Waals surface area contributed by atoms with Crippen LogP contribution in [0.3, 0.4) is 0 Å². The van der Waals surface area contributed by atoms with Crippen molar-refractivity contribution in [2.75, 3.05) is 67.0 Å². The number of carbonyl (C=O) groups is 3. The van der Waals surface area contributed by atoms with Crippen LogP contribution in [0.4, 0.5) is 0 Å². The van der Waals surface area contributed by atoms with Gasteiger partial charge in [0.1, 0.15) is 18.1 Å². The molecule has 0 aromatic heterocycles. The Labute approximate surface area is 245 Å². The van der Waals surface area contributed by atoms with Crippen molar-refractivity contribution in [2.24, 2.45) is 11.3 Å². The lowest BCUT2D eigenvalue weighted by molar-refractivity contribution is -0.156. The highest BCUT2D eigenvalue weighted by atomic mass is 35.5. The Kier molecular flexibility index (Phi) is 27.1. The molecule has 234 valence electrons. The van der Waals surface area contributed by atoms with Gasteiger partial charge in [0.05, 0.1) is 38.4 Å². The van der Waals surface area contributed by atoms with Gasteiger partial charge in [0.15, 0.2) is 0 Å². The van der Waals surface area contributed by atoms with Gasteiger partial charge in [-0.1, -0.05) is 18.2 Å². The molecule has 40 heavy (non-hydrogen) atoms. The molecule has 0 aliphatic carbocycles. The molecule has 1 atom stereocenters. The molecule has 2 N–H and O–H groups in total. The summed E-state index contributed by atoms with van der Waals surface area (Å²) in [6.45, 7) is 19.0. The van der Waals surface area contributed by atoms with Crippen LogP contribution in [0, 0.1) is 11.3 Å². The molecule has 1 amide bonds. The van der Waals surface area contributed by atoms with Crippen molar-refractivity contribution < 1.29 is 43.5 Å². The number of alkyl halides is 1. The van der Waals surface area contributed by atoms with Crippen molar-refractivity contribution in [3.05, 3.63) is 38.0 Å². The summed E-state index contributed by atoms with van der Waals surface area (Å²) in [6.07, 6.45) is 6.89. The number of halogens is 1. The number of amides is 1. The van der Waals surface area contributed by atoms with Crippen molar-refractivity contribution in [1.29, 1.82) is 0 Å². The molecule has 0 saturated carbocycles. The van der Waals surface area contributed by atoms with E-state index in [0.717, 1.165) is 6.42 Å². The van der Waals surface area contributed by atoms with E-state index in [4.69, 9.17) is 36.0 Å². The Hall–Kier alpha value is -2.24. The van der Waals surface area contributed by atoms with Gasteiger partial charge in [-0.25, -0.2) is 0 Å². The quantitative estimate of drug-likeness (QED) is 0.0998. The fraction of sp³-hybridized carbons (Fsp3) is 0.690. The predicted molar refractivity (Wildman–Crippen MR) is 158 cm³/mol. The lowest BCUT2D eigenvalue weighted by Gasteiger charge is -2.29. The van der Waals surface area contributed by atoms with Crippen LogP contribution in [-0.2, 0) is 33.3 Å². The van der Waals surface area contributed by atoms with Crippen LogP contribution in [0.5, 0.6) is 0 Å². The molecule has 0 bridgehead atoms. The molecule has 11 heteroatoms. The summed E-state index contributed by atoms with van der Waals surface area (Å²) in [4.78, 5) is 35.7. The lowest BCUT2D eigenvalue weighted by Crippen LogP contribution is -2.36. The molecular weight excluding hydrogens is 542 g/mol. The van der Waals surface area contributed by atoms with E-state index in [9.17, 15) is 14.4 Å². The van der Waals surface area contributed by atoms with Crippen molar-refractivity contribution in [3.8, 4) is 0 Å². The van der Waals surface area contributed by atoms with Gasteiger partial charge in [-0.05, 0) is 47.0 Å². The van der Waals surface area contributed by atoms with Crippen LogP contribution in [-0.4, -0.2) is 105 Å². The summed E-state index contributed by atoms with van der Waals surface area (Å²) < 4.78 is 19.8. The van der Waals surface area contributed by atoms with E-state index in [1.54, 1.807) is 51.1 Å². The monoisotopic (exact) mass is 593 g/mol. The normalized spacial score (nSPS) is 11.4. The highest BCUT2D eigenvalue weighted by molar-refractivity contribution is 6.33. The first-order valence-corrected chi connectivity index (χ1v) is 13.5. The van der Waals surface area contributed by atoms with Gasteiger partial charge in [0.25, 0.3) is 0 Å². The van der Waals surface area contributed by atoms with Gasteiger partial charge >= 0.3 is 11.9 Å². The predicted octanol–water partition coefficient (Wildman–Crippen LogP) is 3.54. The van der Waals surface area contributed by atoms with Crippen LogP contribution < -0.4 is 0 Å². The van der Waals surface area contributed by atoms with E-state index in [-0.39, 0.29) is 38.3 Å². The average molecular weight is 594 g/mol. The number of esters is 2. The number of hydrogen-bond donors (Lipinski definition) is 2. The van der Waals surface area contributed by atoms with E-state index in [0.29, 0.717) is 39.3 Å². The maximum atomic E-state index is 12.4. The molecule has 0 heterocycles.